The van der Waals surface area contributed by atoms with E-state index in [1.165, 1.54) is 0 Å². The van der Waals surface area contributed by atoms with Crippen LogP contribution in [0.3, 0.4) is 0 Å². The minimum Gasteiger partial charge on any atom is -0.307 e. The number of nitrogens with zero attached hydrogens (tertiary/aromatic N) is 2. The average Bonchev–Trinajstić information content (AvgIpc) is 3.12. The lowest BCUT2D eigenvalue weighted by atomic mass is 10.1. The topological polar surface area (TPSA) is 57.7 Å². The Morgan fingerprint density at radius 3 is 2.86 bits per heavy atom. The van der Waals surface area contributed by atoms with Crippen LogP contribution in [-0.2, 0) is 14.8 Å². The van der Waals surface area contributed by atoms with Crippen LogP contribution in [0.15, 0.2) is 16.8 Å². The van der Waals surface area contributed by atoms with Crippen molar-refractivity contribution in [1.29, 1.82) is 0 Å². The molecule has 1 amide bonds. The molecule has 0 unspecified atom stereocenters. The number of hydrogen-bond donors (Lipinski definition) is 0. The first kappa shape index (κ1) is 15.0. The quantitative estimate of drug-likeness (QED) is 0.831. The van der Waals surface area contributed by atoms with Gasteiger partial charge in [0, 0.05) is 18.3 Å². The normalized spacial score (nSPS) is 26.5. The molecule has 0 spiro atoms. The average molecular weight is 328 g/mol. The minimum atomic E-state index is -3.23. The number of carbonyl (C=O) groups is 1. The molecule has 3 heterocycles. The molecular formula is C14H20N2O3S2. The van der Waals surface area contributed by atoms with Crippen LogP contribution >= 0.6 is 11.3 Å². The molecule has 2 aliphatic heterocycles. The lowest BCUT2D eigenvalue weighted by Crippen LogP contribution is -2.40. The number of anilines is 1. The van der Waals surface area contributed by atoms with E-state index in [1.807, 2.05) is 23.8 Å². The molecule has 2 aliphatic rings. The van der Waals surface area contributed by atoms with Gasteiger partial charge in [0.2, 0.25) is 15.9 Å². The van der Waals surface area contributed by atoms with Gasteiger partial charge in [-0.1, -0.05) is 13.3 Å². The summed E-state index contributed by atoms with van der Waals surface area (Å²) in [5.74, 6) is 0.234. The molecule has 1 aromatic rings. The fraction of sp³-hybridized carbons (Fsp3) is 0.643. The molecule has 0 aromatic carbocycles. The third-order valence-corrected chi connectivity index (χ3v) is 6.98. The van der Waals surface area contributed by atoms with Crippen LogP contribution in [0.2, 0.25) is 0 Å². The SMILES string of the molecule is CCCCS(=O)(=O)N1CC[C@@H]2[C@@H]1CC(=O)N2c1ccsc1. The second-order valence-electron chi connectivity index (χ2n) is 5.65. The van der Waals surface area contributed by atoms with Gasteiger partial charge in [0.15, 0.2) is 0 Å². The maximum Gasteiger partial charge on any atom is 0.229 e. The van der Waals surface area contributed by atoms with E-state index in [-0.39, 0.29) is 23.7 Å². The zero-order valence-corrected chi connectivity index (χ0v) is 13.7. The molecule has 21 heavy (non-hydrogen) atoms. The van der Waals surface area contributed by atoms with Crippen molar-refractivity contribution in [3.8, 4) is 0 Å². The molecule has 2 saturated heterocycles. The Hall–Kier alpha value is -0.920. The number of thiophene rings is 1. The lowest BCUT2D eigenvalue weighted by Gasteiger charge is -2.24. The van der Waals surface area contributed by atoms with Gasteiger partial charge in [0.25, 0.3) is 0 Å². The number of unbranched alkanes of at least 4 members (excludes halogenated alkanes) is 1. The third kappa shape index (κ3) is 2.62. The summed E-state index contributed by atoms with van der Waals surface area (Å²) in [4.78, 5) is 14.1. The number of fused-ring (bicyclic) bond motifs is 1. The molecule has 2 atom stereocenters. The van der Waals surface area contributed by atoms with E-state index >= 15 is 0 Å². The van der Waals surface area contributed by atoms with Crippen LogP contribution in [-0.4, -0.2) is 43.0 Å². The van der Waals surface area contributed by atoms with Gasteiger partial charge in [0.1, 0.15) is 0 Å². The molecule has 0 bridgehead atoms. The van der Waals surface area contributed by atoms with Crippen molar-refractivity contribution in [2.24, 2.45) is 0 Å². The summed E-state index contributed by atoms with van der Waals surface area (Å²) in [6.45, 7) is 2.52. The van der Waals surface area contributed by atoms with Crippen molar-refractivity contribution in [3.05, 3.63) is 16.8 Å². The summed E-state index contributed by atoms with van der Waals surface area (Å²) in [6.07, 6.45) is 2.59. The molecule has 0 saturated carbocycles. The lowest BCUT2D eigenvalue weighted by molar-refractivity contribution is -0.117. The van der Waals surface area contributed by atoms with Gasteiger partial charge in [0.05, 0.1) is 23.5 Å². The maximum absolute atomic E-state index is 12.4. The van der Waals surface area contributed by atoms with Crippen LogP contribution in [0.25, 0.3) is 0 Å². The Morgan fingerprint density at radius 2 is 2.19 bits per heavy atom. The zero-order valence-electron chi connectivity index (χ0n) is 12.1. The second kappa shape index (κ2) is 5.70. The van der Waals surface area contributed by atoms with E-state index in [1.54, 1.807) is 20.5 Å². The molecule has 0 radical (unpaired) electrons. The first-order chi connectivity index (χ1) is 10.0. The van der Waals surface area contributed by atoms with E-state index < -0.39 is 10.0 Å². The Kier molecular flexibility index (Phi) is 4.07. The number of rotatable bonds is 5. The molecule has 116 valence electrons. The summed E-state index contributed by atoms with van der Waals surface area (Å²) in [5.41, 5.74) is 0.908. The van der Waals surface area contributed by atoms with Crippen molar-refractivity contribution >= 4 is 33.0 Å². The monoisotopic (exact) mass is 328 g/mol. The van der Waals surface area contributed by atoms with Gasteiger partial charge in [-0.25, -0.2) is 8.42 Å². The van der Waals surface area contributed by atoms with Crippen LogP contribution < -0.4 is 4.90 Å². The van der Waals surface area contributed by atoms with E-state index in [0.717, 1.165) is 18.5 Å². The Bertz CT molecular complexity index is 612. The van der Waals surface area contributed by atoms with Gasteiger partial charge in [-0.2, -0.15) is 15.6 Å². The summed E-state index contributed by atoms with van der Waals surface area (Å²) >= 11 is 1.55. The highest BCUT2D eigenvalue weighted by Gasteiger charge is 2.50. The van der Waals surface area contributed by atoms with E-state index in [0.29, 0.717) is 19.4 Å². The smallest absolute Gasteiger partial charge is 0.229 e. The molecule has 1 aromatic heterocycles. The highest BCUT2D eigenvalue weighted by molar-refractivity contribution is 7.89. The van der Waals surface area contributed by atoms with Crippen molar-refractivity contribution in [2.45, 2.75) is 44.7 Å². The highest BCUT2D eigenvalue weighted by Crippen LogP contribution is 2.38. The number of amides is 1. The van der Waals surface area contributed by atoms with Gasteiger partial charge < -0.3 is 4.90 Å². The Morgan fingerprint density at radius 1 is 1.38 bits per heavy atom. The maximum atomic E-state index is 12.4. The number of carbonyl (C=O) groups excluding carboxylic acids is 1. The number of hydrogen-bond acceptors (Lipinski definition) is 4. The third-order valence-electron chi connectivity index (χ3n) is 4.34. The Labute approximate surface area is 129 Å². The largest absolute Gasteiger partial charge is 0.307 e. The van der Waals surface area contributed by atoms with E-state index in [9.17, 15) is 13.2 Å². The summed E-state index contributed by atoms with van der Waals surface area (Å²) in [5, 5.41) is 3.90. The molecule has 7 heteroatoms. The standard InChI is InChI=1S/C14H20N2O3S2/c1-2-3-8-21(18,19)15-6-4-12-13(15)9-14(17)16(12)11-5-7-20-10-11/h5,7,10,12-13H,2-4,6,8-9H2,1H3/t12-,13+/m1/s1. The molecule has 2 fully saturated rings. The summed E-state index contributed by atoms with van der Waals surface area (Å²) in [7, 11) is -3.23. The van der Waals surface area contributed by atoms with Gasteiger partial charge in [-0.05, 0) is 24.3 Å². The fourth-order valence-electron chi connectivity index (χ4n) is 3.33. The first-order valence-corrected chi connectivity index (χ1v) is 9.93. The van der Waals surface area contributed by atoms with Crippen LogP contribution in [0, 0.1) is 0 Å². The molecule has 3 rings (SSSR count). The summed E-state index contributed by atoms with van der Waals surface area (Å²) < 4.78 is 26.4. The van der Waals surface area contributed by atoms with Crippen LogP contribution in [0.4, 0.5) is 5.69 Å². The predicted octanol–water partition coefficient (Wildman–Crippen LogP) is 2.06. The van der Waals surface area contributed by atoms with Crippen LogP contribution in [0.5, 0.6) is 0 Å². The fourth-order valence-corrected chi connectivity index (χ4v) is 5.86. The number of sulfonamides is 1. The zero-order chi connectivity index (χ0) is 15.0. The van der Waals surface area contributed by atoms with E-state index in [2.05, 4.69) is 0 Å². The van der Waals surface area contributed by atoms with Crippen molar-refractivity contribution in [3.63, 3.8) is 0 Å². The van der Waals surface area contributed by atoms with Crippen molar-refractivity contribution in [2.75, 3.05) is 17.2 Å². The van der Waals surface area contributed by atoms with Crippen molar-refractivity contribution < 1.29 is 13.2 Å². The second-order valence-corrected chi connectivity index (χ2v) is 8.47. The van der Waals surface area contributed by atoms with E-state index in [4.69, 9.17) is 0 Å². The van der Waals surface area contributed by atoms with Gasteiger partial charge in [-0.15, -0.1) is 0 Å². The van der Waals surface area contributed by atoms with Gasteiger partial charge >= 0.3 is 0 Å². The van der Waals surface area contributed by atoms with Crippen LogP contribution in [0.1, 0.15) is 32.6 Å². The van der Waals surface area contributed by atoms with Crippen molar-refractivity contribution in [1.82, 2.24) is 4.31 Å². The molecular weight excluding hydrogens is 308 g/mol. The first-order valence-electron chi connectivity index (χ1n) is 7.38. The van der Waals surface area contributed by atoms with Gasteiger partial charge in [-0.3, -0.25) is 4.79 Å². The summed E-state index contributed by atoms with van der Waals surface area (Å²) in [6, 6.07) is 1.75. The highest BCUT2D eigenvalue weighted by atomic mass is 32.2. The predicted molar refractivity (Wildman–Crippen MR) is 84.0 cm³/mol. The molecule has 0 N–H and O–H groups in total. The molecule has 5 nitrogen and oxygen atoms in total. The Balaban J connectivity index is 1.81. The minimum absolute atomic E-state index is 0.00324. The molecule has 0 aliphatic carbocycles.